The summed E-state index contributed by atoms with van der Waals surface area (Å²) in [6.45, 7) is 2.22. The van der Waals surface area contributed by atoms with E-state index in [2.05, 4.69) is 25.6 Å². The fourth-order valence-corrected chi connectivity index (χ4v) is 3.38. The number of hydrogen-bond donors (Lipinski definition) is 4. The largest absolute Gasteiger partial charge is 0.404 e. The van der Waals surface area contributed by atoms with Crippen molar-refractivity contribution in [1.29, 1.82) is 0 Å². The number of amides is 1. The predicted octanol–water partition coefficient (Wildman–Crippen LogP) is 0.792. The number of nitrogens with one attached hydrogen (secondary N) is 2. The average Bonchev–Trinajstić information content (AvgIpc) is 2.98. The zero-order valence-electron chi connectivity index (χ0n) is 14.7. The normalized spacial score (nSPS) is 24.0. The lowest BCUT2D eigenvalue weighted by atomic mass is 9.91. The van der Waals surface area contributed by atoms with Gasteiger partial charge in [-0.1, -0.05) is 12.8 Å². The van der Waals surface area contributed by atoms with Crippen LogP contribution in [0, 0.1) is 0 Å². The molecular formula is C17H25N7O. The molecule has 2 unspecified atom stereocenters. The van der Waals surface area contributed by atoms with Crippen LogP contribution in [0.15, 0.2) is 11.2 Å². The quantitative estimate of drug-likeness (QED) is 0.598. The van der Waals surface area contributed by atoms with Crippen LogP contribution in [-0.4, -0.2) is 40.7 Å². The van der Waals surface area contributed by atoms with Crippen molar-refractivity contribution in [1.82, 2.24) is 15.3 Å². The molecule has 8 nitrogen and oxygen atoms in total. The van der Waals surface area contributed by atoms with Gasteiger partial charge in [0.15, 0.2) is 0 Å². The summed E-state index contributed by atoms with van der Waals surface area (Å²) in [6.07, 6.45) is 5.71. The summed E-state index contributed by atoms with van der Waals surface area (Å²) in [7, 11) is 1.68. The van der Waals surface area contributed by atoms with Crippen LogP contribution in [0.25, 0.3) is 5.57 Å². The second-order valence-electron chi connectivity index (χ2n) is 6.49. The molecule has 1 aromatic rings. The number of nitrogens with zero attached hydrogens (tertiary/aromatic N) is 3. The van der Waals surface area contributed by atoms with Crippen molar-refractivity contribution in [2.45, 2.75) is 51.2 Å². The van der Waals surface area contributed by atoms with Gasteiger partial charge in [-0.2, -0.15) is 0 Å². The third-order valence-electron chi connectivity index (χ3n) is 4.91. The van der Waals surface area contributed by atoms with E-state index in [4.69, 9.17) is 11.5 Å². The summed E-state index contributed by atoms with van der Waals surface area (Å²) in [6, 6.07) is 0.216. The van der Waals surface area contributed by atoms with E-state index >= 15 is 0 Å². The van der Waals surface area contributed by atoms with Crippen molar-refractivity contribution in [2.75, 3.05) is 12.4 Å². The minimum atomic E-state index is -0.186. The van der Waals surface area contributed by atoms with Gasteiger partial charge in [0.05, 0.1) is 23.5 Å². The fraction of sp³-hybridized carbons (Fsp3) is 0.529. The van der Waals surface area contributed by atoms with Gasteiger partial charge in [0.25, 0.3) is 5.91 Å². The van der Waals surface area contributed by atoms with E-state index in [0.717, 1.165) is 25.7 Å². The van der Waals surface area contributed by atoms with E-state index in [1.54, 1.807) is 7.05 Å². The summed E-state index contributed by atoms with van der Waals surface area (Å²) in [4.78, 5) is 25.5. The zero-order chi connectivity index (χ0) is 18.0. The first-order valence-electron chi connectivity index (χ1n) is 8.62. The second kappa shape index (κ2) is 7.18. The first-order valence-corrected chi connectivity index (χ1v) is 8.62. The topological polar surface area (TPSA) is 131 Å². The monoisotopic (exact) mass is 343 g/mol. The number of fused-ring (bicyclic) bond motifs is 1. The van der Waals surface area contributed by atoms with Crippen molar-refractivity contribution < 1.29 is 4.79 Å². The SMILES string of the molecule is CN=C(C)C(=CN)c1nc(NC2CCCCC2N)nc2c1C(=O)NC2. The Bertz CT molecular complexity index is 741. The molecule has 2 aliphatic rings. The summed E-state index contributed by atoms with van der Waals surface area (Å²) in [5.74, 6) is 0.296. The molecule has 25 heavy (non-hydrogen) atoms. The summed E-state index contributed by atoms with van der Waals surface area (Å²) in [5.41, 5.74) is 15.0. The van der Waals surface area contributed by atoms with Gasteiger partial charge >= 0.3 is 0 Å². The Labute approximate surface area is 147 Å². The van der Waals surface area contributed by atoms with Gasteiger partial charge in [0, 0.05) is 36.6 Å². The van der Waals surface area contributed by atoms with E-state index in [0.29, 0.717) is 40.7 Å². The summed E-state index contributed by atoms with van der Waals surface area (Å²) >= 11 is 0. The minimum absolute atomic E-state index is 0.0808. The molecule has 1 aromatic heterocycles. The first kappa shape index (κ1) is 17.3. The maximum atomic E-state index is 12.2. The highest BCUT2D eigenvalue weighted by Crippen LogP contribution is 2.27. The molecule has 134 valence electrons. The average molecular weight is 343 g/mol. The van der Waals surface area contributed by atoms with Gasteiger partial charge < -0.3 is 22.1 Å². The Hall–Kier alpha value is -2.48. The van der Waals surface area contributed by atoms with E-state index in [-0.39, 0.29) is 18.0 Å². The third kappa shape index (κ3) is 3.34. The van der Waals surface area contributed by atoms with E-state index in [1.807, 2.05) is 6.92 Å². The van der Waals surface area contributed by atoms with Crippen molar-refractivity contribution in [2.24, 2.45) is 16.5 Å². The molecule has 3 rings (SSSR count). The van der Waals surface area contributed by atoms with Crippen LogP contribution in [0.3, 0.4) is 0 Å². The lowest BCUT2D eigenvalue weighted by Gasteiger charge is -2.29. The molecule has 0 saturated heterocycles. The molecule has 0 bridgehead atoms. The van der Waals surface area contributed by atoms with E-state index in [1.165, 1.54) is 6.20 Å². The minimum Gasteiger partial charge on any atom is -0.404 e. The number of aliphatic imine (C=N–C) groups is 1. The third-order valence-corrected chi connectivity index (χ3v) is 4.91. The lowest BCUT2D eigenvalue weighted by Crippen LogP contribution is -2.43. The summed E-state index contributed by atoms with van der Waals surface area (Å²) < 4.78 is 0. The second-order valence-corrected chi connectivity index (χ2v) is 6.49. The van der Waals surface area contributed by atoms with Crippen molar-refractivity contribution >= 4 is 23.1 Å². The Kier molecular flexibility index (Phi) is 4.98. The number of carbonyl (C=O) groups excluding carboxylic acids is 1. The first-order chi connectivity index (χ1) is 12.0. The van der Waals surface area contributed by atoms with Gasteiger partial charge in [-0.05, 0) is 19.8 Å². The highest BCUT2D eigenvalue weighted by Gasteiger charge is 2.30. The molecule has 0 spiro atoms. The highest BCUT2D eigenvalue weighted by atomic mass is 16.1. The maximum Gasteiger partial charge on any atom is 0.255 e. The number of anilines is 1. The molecule has 1 saturated carbocycles. The van der Waals surface area contributed by atoms with Crippen molar-refractivity contribution in [3.8, 4) is 0 Å². The number of hydrogen-bond acceptors (Lipinski definition) is 7. The Morgan fingerprint density at radius 2 is 2.12 bits per heavy atom. The number of rotatable bonds is 4. The molecule has 6 N–H and O–H groups in total. The molecule has 0 aromatic carbocycles. The van der Waals surface area contributed by atoms with Gasteiger partial charge in [-0.15, -0.1) is 0 Å². The lowest BCUT2D eigenvalue weighted by molar-refractivity contribution is 0.0965. The van der Waals surface area contributed by atoms with Crippen LogP contribution in [0.5, 0.6) is 0 Å². The number of aromatic nitrogens is 2. The van der Waals surface area contributed by atoms with Crippen LogP contribution in [0.2, 0.25) is 0 Å². The van der Waals surface area contributed by atoms with Gasteiger partial charge in [0.1, 0.15) is 0 Å². The van der Waals surface area contributed by atoms with Crippen molar-refractivity contribution in [3.63, 3.8) is 0 Å². The molecule has 0 radical (unpaired) electrons. The Balaban J connectivity index is 2.02. The molecule has 1 fully saturated rings. The molecule has 2 atom stereocenters. The van der Waals surface area contributed by atoms with Crippen LogP contribution < -0.4 is 22.1 Å². The van der Waals surface area contributed by atoms with Crippen LogP contribution >= 0.6 is 0 Å². The van der Waals surface area contributed by atoms with Crippen LogP contribution in [0.4, 0.5) is 5.95 Å². The van der Waals surface area contributed by atoms with E-state index in [9.17, 15) is 4.79 Å². The van der Waals surface area contributed by atoms with Gasteiger partial charge in [-0.3, -0.25) is 9.79 Å². The van der Waals surface area contributed by atoms with Crippen molar-refractivity contribution in [3.05, 3.63) is 23.2 Å². The van der Waals surface area contributed by atoms with Crippen LogP contribution in [-0.2, 0) is 6.54 Å². The number of carbonyl (C=O) groups is 1. The van der Waals surface area contributed by atoms with E-state index < -0.39 is 0 Å². The zero-order valence-corrected chi connectivity index (χ0v) is 14.7. The highest BCUT2D eigenvalue weighted by molar-refractivity contribution is 6.24. The number of nitrogens with two attached hydrogens (primary N) is 2. The number of allylic oxidation sites excluding steroid dienone is 1. The molecule has 8 heteroatoms. The molecular weight excluding hydrogens is 318 g/mol. The molecule has 1 amide bonds. The smallest absolute Gasteiger partial charge is 0.255 e. The van der Waals surface area contributed by atoms with Gasteiger partial charge in [0.2, 0.25) is 5.95 Å². The maximum absolute atomic E-state index is 12.2. The fourth-order valence-electron chi connectivity index (χ4n) is 3.38. The summed E-state index contributed by atoms with van der Waals surface area (Å²) in [5, 5.41) is 6.16. The Morgan fingerprint density at radius 1 is 1.36 bits per heavy atom. The molecule has 1 aliphatic carbocycles. The van der Waals surface area contributed by atoms with Gasteiger partial charge in [-0.25, -0.2) is 9.97 Å². The molecule has 1 aliphatic heterocycles. The van der Waals surface area contributed by atoms with Crippen LogP contribution in [0.1, 0.15) is 54.4 Å². The standard InChI is InChI=1S/C17H25N7O/c1-9(20-2)10(7-18)15-14-13(8-21-16(14)25)23-17(24-15)22-12-6-4-3-5-11(12)19/h7,11-12H,3-6,8,18-19H2,1-2H3,(H,21,25)(H,22,23,24). The molecule has 2 heterocycles. The Morgan fingerprint density at radius 3 is 2.80 bits per heavy atom. The predicted molar refractivity (Wildman–Crippen MR) is 98.3 cm³/mol.